The van der Waals surface area contributed by atoms with E-state index in [0.29, 0.717) is 5.02 Å². The smallest absolute Gasteiger partial charge is 0.331 e. The third kappa shape index (κ3) is 3.09. The molecular formula is C24H16Cl2N2O6. The first-order chi connectivity index (χ1) is 16.3. The number of ether oxygens (including phenoxy) is 1. The molecule has 2 aliphatic heterocycles. The summed E-state index contributed by atoms with van der Waals surface area (Å²) >= 11 is 12.2. The minimum atomic E-state index is -1.36. The van der Waals surface area contributed by atoms with Crippen LogP contribution in [0.4, 0.5) is 5.69 Å². The molecule has 0 bridgehead atoms. The van der Waals surface area contributed by atoms with Crippen molar-refractivity contribution in [1.29, 1.82) is 0 Å². The number of anilines is 1. The van der Waals surface area contributed by atoms with Gasteiger partial charge >= 0.3 is 5.97 Å². The number of Topliss-reactive ketones (excluding diaryl/α,β-unsaturated/α-hetero) is 1. The van der Waals surface area contributed by atoms with E-state index in [0.717, 1.165) is 4.90 Å². The van der Waals surface area contributed by atoms with Crippen LogP contribution in [0.1, 0.15) is 22.8 Å². The largest absolute Gasteiger partial charge is 0.506 e. The van der Waals surface area contributed by atoms with E-state index in [1.54, 1.807) is 25.1 Å². The minimum Gasteiger partial charge on any atom is -0.506 e. The normalized spacial score (nSPS) is 23.4. The number of aliphatic hydroxyl groups excluding tert-OH is 1. The number of fused-ring (bicyclic) bond motifs is 2. The van der Waals surface area contributed by atoms with Crippen molar-refractivity contribution in [2.75, 3.05) is 11.5 Å². The number of halogens is 2. The number of nitrogens with zero attached hydrogens (tertiary/aromatic N) is 2. The highest BCUT2D eigenvalue weighted by Gasteiger charge is 2.61. The Kier molecular flexibility index (Phi) is 5.30. The minimum absolute atomic E-state index is 0.0325. The topological polar surface area (TPSA) is 113 Å². The van der Waals surface area contributed by atoms with Gasteiger partial charge in [-0.3, -0.25) is 19.4 Å². The third-order valence-corrected chi connectivity index (χ3v) is 6.63. The fourth-order valence-corrected chi connectivity index (χ4v) is 5.15. The highest BCUT2D eigenvalue weighted by Crippen LogP contribution is 2.45. The average Bonchev–Trinajstić information content (AvgIpc) is 3.39. The number of ketones is 1. The maximum Gasteiger partial charge on any atom is 0.331 e. The standard InChI is InChI=1S/C24H16Cl2N2O6/c1-2-34-24(33)19-16-15(22(31)28(23(16)32)14-8-7-10(25)9-13(14)26)18(27-19)17-20(29)11-5-3-4-6-12(11)21(17)30/h3-9,15-16,19,29H,2H2,1H3/t15-,16-,19-/m0/s1. The molecule has 3 aliphatic rings. The van der Waals surface area contributed by atoms with E-state index in [1.165, 1.54) is 24.3 Å². The van der Waals surface area contributed by atoms with E-state index in [2.05, 4.69) is 4.99 Å². The summed E-state index contributed by atoms with van der Waals surface area (Å²) in [6.07, 6.45) is 0. The van der Waals surface area contributed by atoms with Gasteiger partial charge in [0.2, 0.25) is 11.8 Å². The summed E-state index contributed by atoms with van der Waals surface area (Å²) in [4.78, 5) is 58.1. The molecule has 8 nitrogen and oxygen atoms in total. The molecular weight excluding hydrogens is 483 g/mol. The van der Waals surface area contributed by atoms with Gasteiger partial charge in [0.25, 0.3) is 0 Å². The van der Waals surface area contributed by atoms with Crippen molar-refractivity contribution < 1.29 is 29.0 Å². The first-order valence-corrected chi connectivity index (χ1v) is 11.2. The van der Waals surface area contributed by atoms with Crippen molar-refractivity contribution in [2.24, 2.45) is 16.8 Å². The van der Waals surface area contributed by atoms with Gasteiger partial charge in [0.15, 0.2) is 11.8 Å². The van der Waals surface area contributed by atoms with Crippen LogP contribution in [0.15, 0.2) is 53.0 Å². The maximum atomic E-state index is 13.6. The number of amides is 2. The van der Waals surface area contributed by atoms with Crippen LogP contribution in [-0.2, 0) is 19.1 Å². The number of hydrogen-bond acceptors (Lipinski definition) is 7. The molecule has 5 rings (SSSR count). The number of esters is 1. The number of aliphatic hydroxyl groups is 1. The van der Waals surface area contributed by atoms with Crippen LogP contribution in [0.3, 0.4) is 0 Å². The van der Waals surface area contributed by atoms with E-state index in [9.17, 15) is 24.3 Å². The van der Waals surface area contributed by atoms with Gasteiger partial charge in [0, 0.05) is 16.1 Å². The molecule has 0 aromatic heterocycles. The number of benzene rings is 2. The van der Waals surface area contributed by atoms with Crippen molar-refractivity contribution in [3.63, 3.8) is 0 Å². The zero-order valence-corrected chi connectivity index (χ0v) is 19.1. The van der Waals surface area contributed by atoms with Crippen molar-refractivity contribution in [3.8, 4) is 0 Å². The second-order valence-electron chi connectivity index (χ2n) is 7.92. The van der Waals surface area contributed by atoms with Gasteiger partial charge in [-0.05, 0) is 25.1 Å². The molecule has 2 heterocycles. The molecule has 1 fully saturated rings. The predicted octanol–water partition coefficient (Wildman–Crippen LogP) is 3.65. The molecule has 2 amide bonds. The van der Waals surface area contributed by atoms with Gasteiger partial charge in [-0.1, -0.05) is 47.5 Å². The van der Waals surface area contributed by atoms with Crippen molar-refractivity contribution in [1.82, 2.24) is 0 Å². The van der Waals surface area contributed by atoms with Crippen molar-refractivity contribution in [2.45, 2.75) is 13.0 Å². The van der Waals surface area contributed by atoms with E-state index < -0.39 is 41.4 Å². The lowest BCUT2D eigenvalue weighted by Gasteiger charge is -2.19. The molecule has 2 aromatic carbocycles. The van der Waals surface area contributed by atoms with Crippen LogP contribution >= 0.6 is 23.2 Å². The number of carbonyl (C=O) groups is 4. The zero-order chi connectivity index (χ0) is 24.3. The molecule has 0 unspecified atom stereocenters. The fraction of sp³-hybridized carbons (Fsp3) is 0.208. The molecule has 0 spiro atoms. The van der Waals surface area contributed by atoms with Crippen molar-refractivity contribution in [3.05, 3.63) is 69.2 Å². The molecule has 1 aliphatic carbocycles. The molecule has 172 valence electrons. The quantitative estimate of drug-likeness (QED) is 0.508. The van der Waals surface area contributed by atoms with E-state index >= 15 is 0 Å². The Hall–Kier alpha value is -3.49. The fourth-order valence-electron chi connectivity index (χ4n) is 4.66. The summed E-state index contributed by atoms with van der Waals surface area (Å²) in [5.41, 5.74) is 0.302. The Bertz CT molecular complexity index is 1360. The van der Waals surface area contributed by atoms with Crippen LogP contribution in [0, 0.1) is 11.8 Å². The van der Waals surface area contributed by atoms with Gasteiger partial charge in [-0.15, -0.1) is 0 Å². The summed E-state index contributed by atoms with van der Waals surface area (Å²) in [5, 5.41) is 11.2. The second-order valence-corrected chi connectivity index (χ2v) is 8.76. The molecule has 10 heteroatoms. The molecule has 2 aromatic rings. The molecule has 1 saturated heterocycles. The molecule has 34 heavy (non-hydrogen) atoms. The van der Waals surface area contributed by atoms with E-state index in [4.69, 9.17) is 27.9 Å². The number of hydrogen-bond donors (Lipinski definition) is 1. The van der Waals surface area contributed by atoms with Crippen LogP contribution in [-0.4, -0.2) is 47.0 Å². The lowest BCUT2D eigenvalue weighted by molar-refractivity contribution is -0.147. The summed E-state index contributed by atoms with van der Waals surface area (Å²) in [7, 11) is 0. The zero-order valence-electron chi connectivity index (χ0n) is 17.6. The number of allylic oxidation sites excluding steroid dienone is 1. The average molecular weight is 499 g/mol. The maximum absolute atomic E-state index is 13.6. The van der Waals surface area contributed by atoms with Crippen LogP contribution in [0.2, 0.25) is 10.0 Å². The Balaban J connectivity index is 1.64. The molecule has 0 saturated carbocycles. The number of imide groups is 1. The van der Waals surface area contributed by atoms with Crippen molar-refractivity contribution >= 4 is 63.9 Å². The summed E-state index contributed by atoms with van der Waals surface area (Å²) < 4.78 is 5.09. The Morgan fingerprint density at radius 1 is 1.09 bits per heavy atom. The summed E-state index contributed by atoms with van der Waals surface area (Å²) in [5.74, 6) is -5.65. The number of carbonyl (C=O) groups excluding carboxylic acids is 4. The number of rotatable bonds is 4. The van der Waals surface area contributed by atoms with Crippen LogP contribution < -0.4 is 4.90 Å². The molecule has 1 N–H and O–H groups in total. The Morgan fingerprint density at radius 2 is 1.79 bits per heavy atom. The summed E-state index contributed by atoms with van der Waals surface area (Å²) in [6, 6.07) is 9.32. The summed E-state index contributed by atoms with van der Waals surface area (Å²) in [6.45, 7) is 1.63. The third-order valence-electron chi connectivity index (χ3n) is 6.09. The van der Waals surface area contributed by atoms with Gasteiger partial charge < -0.3 is 9.84 Å². The first kappa shape index (κ1) is 22.3. The number of aliphatic imine (C=N–C) groups is 1. The van der Waals surface area contributed by atoms with Crippen LogP contribution in [0.5, 0.6) is 0 Å². The highest BCUT2D eigenvalue weighted by molar-refractivity contribution is 6.44. The van der Waals surface area contributed by atoms with E-state index in [1.807, 2.05) is 0 Å². The van der Waals surface area contributed by atoms with Gasteiger partial charge in [-0.2, -0.15) is 0 Å². The molecule has 3 atom stereocenters. The predicted molar refractivity (Wildman–Crippen MR) is 124 cm³/mol. The lowest BCUT2D eigenvalue weighted by atomic mass is 9.85. The van der Waals surface area contributed by atoms with Crippen LogP contribution in [0.25, 0.3) is 5.76 Å². The van der Waals surface area contributed by atoms with Gasteiger partial charge in [0.05, 0.1) is 40.4 Å². The first-order valence-electron chi connectivity index (χ1n) is 10.4. The Labute approximate surface area is 203 Å². The van der Waals surface area contributed by atoms with Gasteiger partial charge in [0.1, 0.15) is 5.76 Å². The SMILES string of the molecule is CCOC(=O)[C@H]1N=C(C2=C(O)c3ccccc3C2=O)[C@H]2C(=O)N(c3ccc(Cl)cc3Cl)C(=O)[C@@H]21. The lowest BCUT2D eigenvalue weighted by Crippen LogP contribution is -2.36. The van der Waals surface area contributed by atoms with Gasteiger partial charge in [-0.25, -0.2) is 9.69 Å². The molecule has 0 radical (unpaired) electrons. The Morgan fingerprint density at radius 3 is 2.44 bits per heavy atom. The monoisotopic (exact) mass is 498 g/mol. The van der Waals surface area contributed by atoms with E-state index in [-0.39, 0.29) is 45.5 Å². The second kappa shape index (κ2) is 8.07. The highest BCUT2D eigenvalue weighted by atomic mass is 35.5.